The number of anilines is 3. The Balaban J connectivity index is 1.60. The predicted molar refractivity (Wildman–Crippen MR) is 110 cm³/mol. The van der Waals surface area contributed by atoms with Gasteiger partial charge in [0.15, 0.2) is 0 Å². The first kappa shape index (κ1) is 17.5. The molecule has 0 unspecified atom stereocenters. The van der Waals surface area contributed by atoms with E-state index in [9.17, 15) is 0 Å². The van der Waals surface area contributed by atoms with Gasteiger partial charge in [-0.2, -0.15) is 0 Å². The first-order chi connectivity index (χ1) is 13.7. The molecule has 0 bridgehead atoms. The molecule has 7 nitrogen and oxygen atoms in total. The highest BCUT2D eigenvalue weighted by atomic mass is 16.6. The molecule has 0 fully saturated rings. The van der Waals surface area contributed by atoms with Crippen LogP contribution < -0.4 is 11.1 Å². The third kappa shape index (κ3) is 3.78. The number of aromatic nitrogens is 2. The molecule has 0 amide bonds. The summed E-state index contributed by atoms with van der Waals surface area (Å²) in [6.45, 7) is 0. The third-order valence-corrected chi connectivity index (χ3v) is 4.25. The first-order valence-corrected chi connectivity index (χ1v) is 8.73. The van der Waals surface area contributed by atoms with Crippen LogP contribution in [0.25, 0.3) is 11.0 Å². The zero-order chi connectivity index (χ0) is 19.3. The van der Waals surface area contributed by atoms with Gasteiger partial charge in [-0.1, -0.05) is 35.5 Å². The minimum absolute atomic E-state index is 0.313. The van der Waals surface area contributed by atoms with Crippen molar-refractivity contribution >= 4 is 34.5 Å². The first-order valence-electron chi connectivity index (χ1n) is 8.73. The maximum atomic E-state index is 5.96. The van der Waals surface area contributed by atoms with Gasteiger partial charge < -0.3 is 20.3 Å². The van der Waals surface area contributed by atoms with E-state index in [1.807, 2.05) is 36.4 Å². The number of nitrogens with two attached hydrogens (primary N) is 1. The van der Waals surface area contributed by atoms with Crippen LogP contribution in [-0.2, 0) is 11.3 Å². The zero-order valence-corrected chi connectivity index (χ0v) is 15.3. The number of oxime groups is 1. The van der Waals surface area contributed by atoms with Gasteiger partial charge in [-0.05, 0) is 29.8 Å². The van der Waals surface area contributed by atoms with E-state index in [-0.39, 0.29) is 0 Å². The van der Waals surface area contributed by atoms with Gasteiger partial charge in [-0.3, -0.25) is 0 Å². The van der Waals surface area contributed by atoms with Crippen LogP contribution >= 0.6 is 0 Å². The van der Waals surface area contributed by atoms with Gasteiger partial charge in [0.2, 0.25) is 0 Å². The number of hydrogen-bond donors (Lipinski definition) is 2. The van der Waals surface area contributed by atoms with Crippen LogP contribution in [0.3, 0.4) is 0 Å². The molecule has 0 spiro atoms. The summed E-state index contributed by atoms with van der Waals surface area (Å²) in [4.78, 5) is 13.0. The lowest BCUT2D eigenvalue weighted by Gasteiger charge is -2.09. The Labute approximate surface area is 161 Å². The smallest absolute Gasteiger partial charge is 0.144 e. The highest BCUT2D eigenvalue weighted by Gasteiger charge is 2.10. The monoisotopic (exact) mass is 373 g/mol. The summed E-state index contributed by atoms with van der Waals surface area (Å²) in [5.41, 5.74) is 9.38. The molecule has 0 radical (unpaired) electrons. The van der Waals surface area contributed by atoms with E-state index in [4.69, 9.17) is 15.0 Å². The van der Waals surface area contributed by atoms with Gasteiger partial charge >= 0.3 is 0 Å². The van der Waals surface area contributed by atoms with E-state index in [1.165, 1.54) is 25.2 Å². The Hall–Kier alpha value is -3.87. The number of hydrogen-bond acceptors (Lipinski definition) is 7. The SMILES string of the molecule is CON=Cc1c(N)ncnc1Nc1ccc2oc(Cc3ccccc3)cc2c1. The second-order valence-electron chi connectivity index (χ2n) is 6.19. The van der Waals surface area contributed by atoms with Crippen molar-refractivity contribution in [3.63, 3.8) is 0 Å². The Morgan fingerprint density at radius 1 is 1.14 bits per heavy atom. The number of rotatable bonds is 6. The second-order valence-corrected chi connectivity index (χ2v) is 6.19. The second kappa shape index (κ2) is 7.79. The number of nitrogens with one attached hydrogen (secondary N) is 1. The lowest BCUT2D eigenvalue weighted by atomic mass is 10.1. The van der Waals surface area contributed by atoms with Gasteiger partial charge in [0, 0.05) is 17.5 Å². The molecule has 0 saturated carbocycles. The minimum Gasteiger partial charge on any atom is -0.461 e. The summed E-state index contributed by atoms with van der Waals surface area (Å²) in [6, 6.07) is 18.1. The van der Waals surface area contributed by atoms with E-state index < -0.39 is 0 Å². The standard InChI is InChI=1S/C21H19N5O2/c1-27-25-12-18-20(22)23-13-24-21(18)26-16-7-8-19-15(10-16)11-17(28-19)9-14-5-3-2-4-6-14/h2-8,10-13H,9H2,1H3,(H3,22,23,24,26). The molecule has 28 heavy (non-hydrogen) atoms. The molecular weight excluding hydrogens is 354 g/mol. The molecule has 140 valence electrons. The van der Waals surface area contributed by atoms with Crippen molar-refractivity contribution in [3.8, 4) is 0 Å². The van der Waals surface area contributed by atoms with Crippen molar-refractivity contribution in [2.45, 2.75) is 6.42 Å². The van der Waals surface area contributed by atoms with Gasteiger partial charge in [-0.15, -0.1) is 0 Å². The Morgan fingerprint density at radius 2 is 2.00 bits per heavy atom. The summed E-state index contributed by atoms with van der Waals surface area (Å²) in [7, 11) is 1.46. The maximum Gasteiger partial charge on any atom is 0.144 e. The van der Waals surface area contributed by atoms with E-state index in [2.05, 4.69) is 38.6 Å². The van der Waals surface area contributed by atoms with Crippen LogP contribution in [0.1, 0.15) is 16.9 Å². The van der Waals surface area contributed by atoms with E-state index in [1.54, 1.807) is 0 Å². The maximum absolute atomic E-state index is 5.96. The molecule has 0 atom stereocenters. The minimum atomic E-state index is 0.313. The number of fused-ring (bicyclic) bond motifs is 1. The normalized spacial score (nSPS) is 11.2. The average Bonchev–Trinajstić information content (AvgIpc) is 3.10. The predicted octanol–water partition coefficient (Wildman–Crippen LogP) is 4.12. The third-order valence-electron chi connectivity index (χ3n) is 4.25. The molecule has 4 aromatic rings. The van der Waals surface area contributed by atoms with Gasteiger partial charge in [0.25, 0.3) is 0 Å². The summed E-state index contributed by atoms with van der Waals surface area (Å²) < 4.78 is 5.96. The molecule has 2 heterocycles. The van der Waals surface area contributed by atoms with Gasteiger partial charge in [0.05, 0.1) is 11.8 Å². The van der Waals surface area contributed by atoms with Crippen LogP contribution in [0.5, 0.6) is 0 Å². The fourth-order valence-electron chi connectivity index (χ4n) is 2.94. The fraction of sp³-hybridized carbons (Fsp3) is 0.0952. The molecule has 7 heteroatoms. The van der Waals surface area contributed by atoms with Crippen molar-refractivity contribution in [1.82, 2.24) is 9.97 Å². The summed E-state index contributed by atoms with van der Waals surface area (Å²) in [6.07, 6.45) is 3.63. The van der Waals surface area contributed by atoms with E-state index in [0.717, 1.165) is 28.8 Å². The summed E-state index contributed by atoms with van der Waals surface area (Å²) >= 11 is 0. The average molecular weight is 373 g/mol. The topological polar surface area (TPSA) is 98.6 Å². The highest BCUT2D eigenvalue weighted by Crippen LogP contribution is 2.27. The van der Waals surface area contributed by atoms with Crippen molar-refractivity contribution in [2.24, 2.45) is 5.16 Å². The molecule has 3 N–H and O–H groups in total. The van der Waals surface area contributed by atoms with Crippen molar-refractivity contribution in [2.75, 3.05) is 18.2 Å². The van der Waals surface area contributed by atoms with Gasteiger partial charge in [-0.25, -0.2) is 9.97 Å². The Kier molecular flexibility index (Phi) is 4.88. The molecule has 2 aromatic carbocycles. The quantitative estimate of drug-likeness (QED) is 0.390. The van der Waals surface area contributed by atoms with Gasteiger partial charge in [0.1, 0.15) is 36.4 Å². The van der Waals surface area contributed by atoms with Crippen LogP contribution in [0, 0.1) is 0 Å². The molecule has 0 aliphatic rings. The van der Waals surface area contributed by atoms with Crippen LogP contribution in [0.15, 0.2) is 70.5 Å². The van der Waals surface area contributed by atoms with Crippen LogP contribution in [0.2, 0.25) is 0 Å². The summed E-state index contributed by atoms with van der Waals surface area (Å²) in [5.74, 6) is 1.77. The summed E-state index contributed by atoms with van der Waals surface area (Å²) in [5, 5.41) is 8.02. The number of benzene rings is 2. The van der Waals surface area contributed by atoms with Crippen molar-refractivity contribution < 1.29 is 9.25 Å². The Morgan fingerprint density at radius 3 is 2.82 bits per heavy atom. The number of nitrogens with zero attached hydrogens (tertiary/aromatic N) is 3. The van der Waals surface area contributed by atoms with Crippen molar-refractivity contribution in [3.05, 3.63) is 77.8 Å². The lowest BCUT2D eigenvalue weighted by Crippen LogP contribution is -2.04. The molecule has 0 aliphatic carbocycles. The molecule has 0 saturated heterocycles. The van der Waals surface area contributed by atoms with Crippen LogP contribution in [-0.4, -0.2) is 23.3 Å². The van der Waals surface area contributed by atoms with Crippen LogP contribution in [0.4, 0.5) is 17.3 Å². The van der Waals surface area contributed by atoms with E-state index >= 15 is 0 Å². The number of furan rings is 1. The highest BCUT2D eigenvalue weighted by molar-refractivity contribution is 5.93. The number of nitrogen functional groups attached to an aromatic ring is 1. The van der Waals surface area contributed by atoms with Crippen molar-refractivity contribution in [1.29, 1.82) is 0 Å². The zero-order valence-electron chi connectivity index (χ0n) is 15.3. The molecule has 0 aliphatic heterocycles. The fourth-order valence-corrected chi connectivity index (χ4v) is 2.94. The van der Waals surface area contributed by atoms with E-state index in [0.29, 0.717) is 17.2 Å². The molecule has 4 rings (SSSR count). The lowest BCUT2D eigenvalue weighted by molar-refractivity contribution is 0.215. The Bertz CT molecular complexity index is 1120. The largest absolute Gasteiger partial charge is 0.461 e. The molecule has 2 aromatic heterocycles. The molecular formula is C21H19N5O2.